The molecule has 1 aliphatic heterocycles. The lowest BCUT2D eigenvalue weighted by Crippen LogP contribution is -2.46. The van der Waals surface area contributed by atoms with Gasteiger partial charge in [0.1, 0.15) is 5.82 Å². The summed E-state index contributed by atoms with van der Waals surface area (Å²) in [7, 11) is 0. The molecule has 26 heavy (non-hydrogen) atoms. The van der Waals surface area contributed by atoms with Crippen molar-refractivity contribution in [2.75, 3.05) is 18.4 Å². The minimum absolute atomic E-state index is 0. The van der Waals surface area contributed by atoms with Crippen molar-refractivity contribution >= 4 is 42.6 Å². The summed E-state index contributed by atoms with van der Waals surface area (Å²) in [6, 6.07) is 5.08. The van der Waals surface area contributed by atoms with Crippen LogP contribution in [0.5, 0.6) is 0 Å². The van der Waals surface area contributed by atoms with E-state index in [9.17, 15) is 4.79 Å². The van der Waals surface area contributed by atoms with Gasteiger partial charge in [-0.1, -0.05) is 12.8 Å². The Morgan fingerprint density at radius 1 is 1.19 bits per heavy atom. The molecule has 1 aromatic heterocycles. The maximum absolute atomic E-state index is 11.0. The second-order valence-electron chi connectivity index (χ2n) is 6.70. The quantitative estimate of drug-likeness (QED) is 0.400. The second-order valence-corrected chi connectivity index (χ2v) is 6.70. The minimum Gasteiger partial charge on any atom is -0.366 e. The number of halogens is 2. The van der Waals surface area contributed by atoms with Gasteiger partial charge in [-0.25, -0.2) is 10.5 Å². The fraction of sp³-hybridized carbons (Fsp3) is 0.556. The number of rotatable bonds is 5. The zero-order valence-electron chi connectivity index (χ0n) is 14.8. The summed E-state index contributed by atoms with van der Waals surface area (Å²) < 4.78 is 0. The number of aromatic nitrogens is 1. The Kier molecular flexibility index (Phi) is 9.94. The number of amides is 1. The van der Waals surface area contributed by atoms with E-state index in [-0.39, 0.29) is 24.8 Å². The number of carbonyl (C=O) groups is 1. The third-order valence-corrected chi connectivity index (χ3v) is 4.97. The predicted molar refractivity (Wildman–Crippen MR) is 108 cm³/mol. The second kappa shape index (κ2) is 11.4. The number of pyridine rings is 1. The summed E-state index contributed by atoms with van der Waals surface area (Å²) in [5.41, 5.74) is 2.38. The number of nitrogens with zero attached hydrogens (tertiary/aromatic N) is 2. The fourth-order valence-corrected chi connectivity index (χ4v) is 3.73. The van der Waals surface area contributed by atoms with Crippen molar-refractivity contribution in [1.82, 2.24) is 15.4 Å². The zero-order valence-corrected chi connectivity index (χ0v) is 16.4. The highest BCUT2D eigenvalue weighted by Gasteiger charge is 2.27. The van der Waals surface area contributed by atoms with Gasteiger partial charge in [0.15, 0.2) is 0 Å². The zero-order chi connectivity index (χ0) is 16.8. The SMILES string of the molecule is Cl.Cl.O=C(/C=C/c1ccc(N[C@@H]2CCCN(C3CCCC3)C2)nc1)NO. The lowest BCUT2D eigenvalue weighted by molar-refractivity contribution is -0.124. The van der Waals surface area contributed by atoms with Crippen molar-refractivity contribution in [3.8, 4) is 0 Å². The number of hydrogen-bond donors (Lipinski definition) is 3. The molecule has 0 aromatic carbocycles. The standard InChI is InChI=1S/C18H26N4O2.2ClH/c23-18(21-24)10-8-14-7-9-17(19-12-14)20-15-4-3-11-22(13-15)16-5-1-2-6-16;;/h7-10,12,15-16,24H,1-6,11,13H2,(H,19,20)(H,21,23);2*1H/b10-8+;;/t15-;;/m1../s1. The minimum atomic E-state index is -0.550. The molecule has 1 saturated heterocycles. The van der Waals surface area contributed by atoms with Crippen LogP contribution in [-0.4, -0.2) is 46.2 Å². The van der Waals surface area contributed by atoms with Crippen molar-refractivity contribution in [2.45, 2.75) is 50.6 Å². The number of carbonyl (C=O) groups excluding carboxylic acids is 1. The van der Waals surface area contributed by atoms with Crippen molar-refractivity contribution < 1.29 is 10.0 Å². The normalized spacial score (nSPS) is 21.0. The third-order valence-electron chi connectivity index (χ3n) is 4.97. The Balaban J connectivity index is 0.00000169. The van der Waals surface area contributed by atoms with E-state index in [1.807, 2.05) is 12.1 Å². The average Bonchev–Trinajstić information content (AvgIpc) is 3.16. The molecule has 1 saturated carbocycles. The molecule has 8 heteroatoms. The van der Waals surface area contributed by atoms with Gasteiger partial charge in [0.05, 0.1) is 0 Å². The molecule has 0 unspecified atom stereocenters. The molecular weight excluding hydrogens is 375 g/mol. The molecule has 2 heterocycles. The van der Waals surface area contributed by atoms with Crippen LogP contribution in [0.15, 0.2) is 24.4 Å². The van der Waals surface area contributed by atoms with Crippen LogP contribution < -0.4 is 10.8 Å². The van der Waals surface area contributed by atoms with Gasteiger partial charge in [-0.15, -0.1) is 24.8 Å². The summed E-state index contributed by atoms with van der Waals surface area (Å²) in [5, 5.41) is 12.0. The van der Waals surface area contributed by atoms with Crippen LogP contribution in [-0.2, 0) is 4.79 Å². The van der Waals surface area contributed by atoms with Crippen LogP contribution in [0.1, 0.15) is 44.1 Å². The first-order chi connectivity index (χ1) is 11.7. The lowest BCUT2D eigenvalue weighted by atomic mass is 10.0. The average molecular weight is 403 g/mol. The van der Waals surface area contributed by atoms with E-state index < -0.39 is 5.91 Å². The van der Waals surface area contributed by atoms with Crippen molar-refractivity contribution in [1.29, 1.82) is 0 Å². The van der Waals surface area contributed by atoms with Crippen LogP contribution in [0.3, 0.4) is 0 Å². The molecule has 146 valence electrons. The topological polar surface area (TPSA) is 77.5 Å². The molecule has 3 N–H and O–H groups in total. The number of anilines is 1. The van der Waals surface area contributed by atoms with Gasteiger partial charge in [-0.05, 0) is 56.0 Å². The molecule has 0 radical (unpaired) electrons. The Bertz CT molecular complexity index is 577. The van der Waals surface area contributed by atoms with Gasteiger partial charge < -0.3 is 5.32 Å². The molecule has 2 aliphatic rings. The van der Waals surface area contributed by atoms with E-state index in [2.05, 4.69) is 15.2 Å². The maximum atomic E-state index is 11.0. The van der Waals surface area contributed by atoms with Gasteiger partial charge >= 0.3 is 0 Å². The fourth-order valence-electron chi connectivity index (χ4n) is 3.73. The van der Waals surface area contributed by atoms with Crippen molar-refractivity contribution in [2.24, 2.45) is 0 Å². The van der Waals surface area contributed by atoms with Crippen molar-refractivity contribution in [3.05, 3.63) is 30.0 Å². The largest absolute Gasteiger partial charge is 0.366 e. The van der Waals surface area contributed by atoms with Gasteiger partial charge in [0, 0.05) is 30.9 Å². The Morgan fingerprint density at radius 2 is 1.96 bits per heavy atom. The summed E-state index contributed by atoms with van der Waals surface area (Å²) in [6.45, 7) is 2.33. The van der Waals surface area contributed by atoms with E-state index in [0.29, 0.717) is 6.04 Å². The van der Waals surface area contributed by atoms with Gasteiger partial charge in [-0.2, -0.15) is 0 Å². The third kappa shape index (κ3) is 6.43. The number of hydroxylamine groups is 1. The number of piperidine rings is 1. The first-order valence-electron chi connectivity index (χ1n) is 8.83. The Labute approximate surface area is 167 Å². The van der Waals surface area contributed by atoms with Crippen LogP contribution in [0, 0.1) is 0 Å². The molecule has 1 amide bonds. The summed E-state index contributed by atoms with van der Waals surface area (Å²) >= 11 is 0. The first kappa shape index (κ1) is 22.7. The van der Waals surface area contributed by atoms with Crippen LogP contribution >= 0.6 is 24.8 Å². The molecule has 1 aromatic rings. The lowest BCUT2D eigenvalue weighted by Gasteiger charge is -2.37. The van der Waals surface area contributed by atoms with Gasteiger partial charge in [-0.3, -0.25) is 14.9 Å². The number of nitrogens with one attached hydrogen (secondary N) is 2. The molecule has 3 rings (SSSR count). The van der Waals surface area contributed by atoms with Gasteiger partial charge in [0.2, 0.25) is 0 Å². The highest BCUT2D eigenvalue weighted by molar-refractivity contribution is 5.90. The van der Waals surface area contributed by atoms with E-state index in [0.717, 1.165) is 24.0 Å². The van der Waals surface area contributed by atoms with Gasteiger partial charge in [0.25, 0.3) is 5.91 Å². The van der Waals surface area contributed by atoms with Crippen LogP contribution in [0.4, 0.5) is 5.82 Å². The molecule has 0 bridgehead atoms. The Morgan fingerprint density at radius 3 is 2.62 bits per heavy atom. The van der Waals surface area contributed by atoms with E-state index in [1.54, 1.807) is 17.8 Å². The predicted octanol–water partition coefficient (Wildman–Crippen LogP) is 3.26. The maximum Gasteiger partial charge on any atom is 0.267 e. The summed E-state index contributed by atoms with van der Waals surface area (Å²) in [4.78, 5) is 18.0. The molecule has 1 aliphatic carbocycles. The van der Waals surface area contributed by atoms with Crippen LogP contribution in [0.2, 0.25) is 0 Å². The molecule has 0 spiro atoms. The van der Waals surface area contributed by atoms with E-state index >= 15 is 0 Å². The van der Waals surface area contributed by atoms with E-state index in [1.165, 1.54) is 51.1 Å². The van der Waals surface area contributed by atoms with Crippen LogP contribution in [0.25, 0.3) is 6.08 Å². The molecule has 1 atom stereocenters. The molecule has 6 nitrogen and oxygen atoms in total. The first-order valence-corrected chi connectivity index (χ1v) is 8.83. The van der Waals surface area contributed by atoms with E-state index in [4.69, 9.17) is 5.21 Å². The summed E-state index contributed by atoms with van der Waals surface area (Å²) in [5.74, 6) is 0.323. The number of likely N-dealkylation sites (tertiary alicyclic amines) is 1. The smallest absolute Gasteiger partial charge is 0.267 e. The highest BCUT2D eigenvalue weighted by Crippen LogP contribution is 2.26. The summed E-state index contributed by atoms with van der Waals surface area (Å²) in [6.07, 6.45) is 12.5. The monoisotopic (exact) mass is 402 g/mol. The number of hydrogen-bond acceptors (Lipinski definition) is 5. The molecule has 2 fully saturated rings. The Hall–Kier alpha value is -1.34. The van der Waals surface area contributed by atoms with Crippen molar-refractivity contribution in [3.63, 3.8) is 0 Å². The molecular formula is C18H28Cl2N4O2. The highest BCUT2D eigenvalue weighted by atomic mass is 35.5.